The molecule has 0 radical (unpaired) electrons. The van der Waals surface area contributed by atoms with E-state index in [1.807, 2.05) is 0 Å². The fourth-order valence-corrected chi connectivity index (χ4v) is 1.87. The number of benzene rings is 1. The van der Waals surface area contributed by atoms with E-state index in [9.17, 15) is 14.0 Å². The SMILES string of the molecule is O=C(O)CC(=O)N(Cc1cccc(F)c1)C1CC1. The predicted octanol–water partition coefficient (Wildman–Crippen LogP) is 1.79. The third-order valence-corrected chi connectivity index (χ3v) is 2.85. The first-order valence-corrected chi connectivity index (χ1v) is 5.82. The fourth-order valence-electron chi connectivity index (χ4n) is 1.87. The summed E-state index contributed by atoms with van der Waals surface area (Å²) in [7, 11) is 0. The van der Waals surface area contributed by atoms with Crippen LogP contribution < -0.4 is 0 Å². The number of halogens is 1. The standard InChI is InChI=1S/C13H14FNO3/c14-10-3-1-2-9(6-10)8-15(11-4-5-11)12(16)7-13(17)18/h1-3,6,11H,4-5,7-8H2,(H,17,18). The predicted molar refractivity (Wildman–Crippen MR) is 62.2 cm³/mol. The second-order valence-corrected chi connectivity index (χ2v) is 4.45. The van der Waals surface area contributed by atoms with Gasteiger partial charge >= 0.3 is 5.97 Å². The zero-order chi connectivity index (χ0) is 13.1. The molecule has 1 fully saturated rings. The molecular formula is C13H14FNO3. The molecule has 0 heterocycles. The molecule has 1 aliphatic rings. The quantitative estimate of drug-likeness (QED) is 0.812. The Bertz CT molecular complexity index is 471. The van der Waals surface area contributed by atoms with Gasteiger partial charge in [0.1, 0.15) is 12.2 Å². The fraction of sp³-hybridized carbons (Fsp3) is 0.385. The lowest BCUT2D eigenvalue weighted by molar-refractivity contribution is -0.144. The number of carboxylic acids is 1. The lowest BCUT2D eigenvalue weighted by atomic mass is 10.2. The number of rotatable bonds is 5. The van der Waals surface area contributed by atoms with Crippen molar-refractivity contribution >= 4 is 11.9 Å². The number of nitrogens with zero attached hydrogens (tertiary/aromatic N) is 1. The average Bonchev–Trinajstić information content (AvgIpc) is 3.08. The molecule has 1 aliphatic carbocycles. The number of amides is 1. The smallest absolute Gasteiger partial charge is 0.312 e. The van der Waals surface area contributed by atoms with Crippen LogP contribution in [0.25, 0.3) is 0 Å². The van der Waals surface area contributed by atoms with Gasteiger partial charge in [-0.15, -0.1) is 0 Å². The van der Waals surface area contributed by atoms with Gasteiger partial charge in [0.15, 0.2) is 0 Å². The second kappa shape index (κ2) is 5.16. The van der Waals surface area contributed by atoms with Crippen molar-refractivity contribution in [1.29, 1.82) is 0 Å². The first-order chi connectivity index (χ1) is 8.56. The highest BCUT2D eigenvalue weighted by molar-refractivity contribution is 5.93. The molecule has 4 nitrogen and oxygen atoms in total. The van der Waals surface area contributed by atoms with Gasteiger partial charge in [-0.3, -0.25) is 9.59 Å². The third-order valence-electron chi connectivity index (χ3n) is 2.85. The molecule has 1 amide bonds. The number of hydrogen-bond donors (Lipinski definition) is 1. The Morgan fingerprint density at radius 2 is 2.11 bits per heavy atom. The van der Waals surface area contributed by atoms with Crippen LogP contribution >= 0.6 is 0 Å². The summed E-state index contributed by atoms with van der Waals surface area (Å²) in [6, 6.07) is 6.12. The van der Waals surface area contributed by atoms with Gasteiger partial charge in [0, 0.05) is 12.6 Å². The van der Waals surface area contributed by atoms with Crippen LogP contribution in [0, 0.1) is 5.82 Å². The first-order valence-electron chi connectivity index (χ1n) is 5.82. The largest absolute Gasteiger partial charge is 0.481 e. The molecule has 2 rings (SSSR count). The van der Waals surface area contributed by atoms with Gasteiger partial charge in [0.05, 0.1) is 0 Å². The zero-order valence-electron chi connectivity index (χ0n) is 9.80. The second-order valence-electron chi connectivity index (χ2n) is 4.45. The maximum Gasteiger partial charge on any atom is 0.312 e. The Morgan fingerprint density at radius 1 is 1.39 bits per heavy atom. The van der Waals surface area contributed by atoms with E-state index in [2.05, 4.69) is 0 Å². The Labute approximate surface area is 104 Å². The van der Waals surface area contributed by atoms with Crippen molar-refractivity contribution < 1.29 is 19.1 Å². The maximum atomic E-state index is 13.0. The van der Waals surface area contributed by atoms with Crippen LogP contribution in [-0.4, -0.2) is 27.9 Å². The van der Waals surface area contributed by atoms with E-state index in [1.165, 1.54) is 17.0 Å². The molecule has 96 valence electrons. The highest BCUT2D eigenvalue weighted by atomic mass is 19.1. The van der Waals surface area contributed by atoms with Crippen molar-refractivity contribution in [3.8, 4) is 0 Å². The number of carbonyl (C=O) groups excluding carboxylic acids is 1. The molecular weight excluding hydrogens is 237 g/mol. The third kappa shape index (κ3) is 3.29. The minimum Gasteiger partial charge on any atom is -0.481 e. The molecule has 0 spiro atoms. The monoisotopic (exact) mass is 251 g/mol. The van der Waals surface area contributed by atoms with E-state index in [1.54, 1.807) is 12.1 Å². The van der Waals surface area contributed by atoms with Crippen LogP contribution in [0.4, 0.5) is 4.39 Å². The van der Waals surface area contributed by atoms with E-state index in [-0.39, 0.29) is 18.4 Å². The Balaban J connectivity index is 2.06. The summed E-state index contributed by atoms with van der Waals surface area (Å²) in [6.07, 6.45) is 1.27. The van der Waals surface area contributed by atoms with Crippen molar-refractivity contribution in [3.05, 3.63) is 35.6 Å². The molecule has 1 aromatic carbocycles. The molecule has 0 saturated heterocycles. The number of aliphatic carboxylic acids is 1. The van der Waals surface area contributed by atoms with Crippen molar-refractivity contribution in [1.82, 2.24) is 4.90 Å². The highest BCUT2D eigenvalue weighted by Gasteiger charge is 2.33. The molecule has 0 atom stereocenters. The number of carboxylic acid groups (broad SMARTS) is 1. The molecule has 0 unspecified atom stereocenters. The Morgan fingerprint density at radius 3 is 2.67 bits per heavy atom. The molecule has 0 bridgehead atoms. The van der Waals surface area contributed by atoms with Gasteiger partial charge in [-0.1, -0.05) is 12.1 Å². The van der Waals surface area contributed by atoms with Crippen LogP contribution in [0.5, 0.6) is 0 Å². The van der Waals surface area contributed by atoms with Gasteiger partial charge < -0.3 is 10.0 Å². The number of carbonyl (C=O) groups is 2. The van der Waals surface area contributed by atoms with E-state index in [4.69, 9.17) is 5.11 Å². The lowest BCUT2D eigenvalue weighted by Crippen LogP contribution is -2.33. The molecule has 0 aliphatic heterocycles. The molecule has 18 heavy (non-hydrogen) atoms. The molecule has 1 N–H and O–H groups in total. The van der Waals surface area contributed by atoms with Gasteiger partial charge in [0.2, 0.25) is 5.91 Å². The van der Waals surface area contributed by atoms with Gasteiger partial charge in [-0.25, -0.2) is 4.39 Å². The van der Waals surface area contributed by atoms with Crippen LogP contribution in [0.1, 0.15) is 24.8 Å². The number of hydrogen-bond acceptors (Lipinski definition) is 2. The highest BCUT2D eigenvalue weighted by Crippen LogP contribution is 2.29. The van der Waals surface area contributed by atoms with Gasteiger partial charge in [-0.2, -0.15) is 0 Å². The van der Waals surface area contributed by atoms with Crippen LogP contribution in [0.2, 0.25) is 0 Å². The minimum absolute atomic E-state index is 0.111. The minimum atomic E-state index is -1.13. The van der Waals surface area contributed by atoms with E-state index >= 15 is 0 Å². The normalized spacial score (nSPS) is 14.3. The van der Waals surface area contributed by atoms with Gasteiger partial charge in [0.25, 0.3) is 0 Å². The summed E-state index contributed by atoms with van der Waals surface area (Å²) < 4.78 is 13.0. The van der Waals surface area contributed by atoms with Crippen molar-refractivity contribution in [2.24, 2.45) is 0 Å². The van der Waals surface area contributed by atoms with Crippen molar-refractivity contribution in [3.63, 3.8) is 0 Å². The summed E-state index contributed by atoms with van der Waals surface area (Å²) >= 11 is 0. The van der Waals surface area contributed by atoms with Crippen LogP contribution in [0.3, 0.4) is 0 Å². The summed E-state index contributed by atoms with van der Waals surface area (Å²) in [5.74, 6) is -1.90. The van der Waals surface area contributed by atoms with Crippen molar-refractivity contribution in [2.75, 3.05) is 0 Å². The van der Waals surface area contributed by atoms with Crippen LogP contribution in [-0.2, 0) is 16.1 Å². The molecule has 5 heteroatoms. The van der Waals surface area contributed by atoms with Gasteiger partial charge in [-0.05, 0) is 30.5 Å². The summed E-state index contributed by atoms with van der Waals surface area (Å²) in [6.45, 7) is 0.272. The Hall–Kier alpha value is -1.91. The van der Waals surface area contributed by atoms with Crippen LogP contribution in [0.15, 0.2) is 24.3 Å². The van der Waals surface area contributed by atoms with Crippen molar-refractivity contribution in [2.45, 2.75) is 31.8 Å². The summed E-state index contributed by atoms with van der Waals surface area (Å²) in [5.41, 5.74) is 0.681. The molecule has 1 saturated carbocycles. The lowest BCUT2D eigenvalue weighted by Gasteiger charge is -2.21. The van der Waals surface area contributed by atoms with E-state index in [0.29, 0.717) is 5.56 Å². The van der Waals surface area contributed by atoms with E-state index < -0.39 is 18.3 Å². The molecule has 1 aromatic rings. The Kier molecular flexibility index (Phi) is 3.60. The molecule has 0 aromatic heterocycles. The van der Waals surface area contributed by atoms with E-state index in [0.717, 1.165) is 12.8 Å². The first kappa shape index (κ1) is 12.5. The topological polar surface area (TPSA) is 57.6 Å². The summed E-state index contributed by atoms with van der Waals surface area (Å²) in [4.78, 5) is 23.9. The summed E-state index contributed by atoms with van der Waals surface area (Å²) in [5, 5.41) is 8.64. The maximum absolute atomic E-state index is 13.0. The zero-order valence-corrected chi connectivity index (χ0v) is 9.80. The average molecular weight is 251 g/mol.